The van der Waals surface area contributed by atoms with Crippen LogP contribution in [-0.4, -0.2) is 28.7 Å². The molecule has 2 aromatic carbocycles. The summed E-state index contributed by atoms with van der Waals surface area (Å²) in [6.07, 6.45) is 1.50. The first kappa shape index (κ1) is 18.9. The fraction of sp³-hybridized carbons (Fsp3) is 0.150. The van der Waals surface area contributed by atoms with Crippen LogP contribution in [0.1, 0.15) is 12.5 Å². The lowest BCUT2D eigenvalue weighted by Gasteiger charge is -2.10. The molecule has 1 aliphatic heterocycles. The summed E-state index contributed by atoms with van der Waals surface area (Å²) in [7, 11) is 1.58. The van der Waals surface area contributed by atoms with Crippen molar-refractivity contribution >= 4 is 34.9 Å². The van der Waals surface area contributed by atoms with Gasteiger partial charge in [0.2, 0.25) is 5.91 Å². The Bertz CT molecular complexity index is 1110. The molecule has 0 bridgehead atoms. The summed E-state index contributed by atoms with van der Waals surface area (Å²) < 4.78 is 20.0. The predicted octanol–water partition coefficient (Wildman–Crippen LogP) is 3.87. The van der Waals surface area contributed by atoms with Gasteiger partial charge < -0.3 is 15.4 Å². The number of rotatable bonds is 5. The van der Waals surface area contributed by atoms with Crippen LogP contribution >= 0.6 is 11.6 Å². The zero-order valence-electron chi connectivity index (χ0n) is 15.3. The molecule has 0 radical (unpaired) electrons. The third-order valence-electron chi connectivity index (χ3n) is 4.60. The lowest BCUT2D eigenvalue weighted by Crippen LogP contribution is -2.23. The number of carbonyl (C=O) groups is 2. The molecule has 7 nitrogen and oxygen atoms in total. The summed E-state index contributed by atoms with van der Waals surface area (Å²) in [6, 6.07) is 10.5. The molecule has 3 aromatic rings. The van der Waals surface area contributed by atoms with Gasteiger partial charge in [-0.25, -0.2) is 9.07 Å². The Balaban J connectivity index is 1.53. The van der Waals surface area contributed by atoms with Gasteiger partial charge in [-0.3, -0.25) is 9.59 Å². The molecule has 2 N–H and O–H groups in total. The third kappa shape index (κ3) is 3.66. The number of fused-ring (bicyclic) bond motifs is 1. The maximum Gasteiger partial charge on any atom is 0.251 e. The first-order valence-corrected chi connectivity index (χ1v) is 9.12. The number of anilines is 2. The number of carbonyl (C=O) groups excluding carboxylic acids is 2. The van der Waals surface area contributed by atoms with E-state index in [0.29, 0.717) is 17.3 Å². The van der Waals surface area contributed by atoms with Gasteiger partial charge in [0.15, 0.2) is 0 Å². The van der Waals surface area contributed by atoms with Crippen LogP contribution in [0.25, 0.3) is 11.1 Å². The van der Waals surface area contributed by atoms with Crippen molar-refractivity contribution in [3.63, 3.8) is 0 Å². The monoisotopic (exact) mass is 414 g/mol. The number of ether oxygens (including phenoxy) is 1. The van der Waals surface area contributed by atoms with Crippen LogP contribution in [0.15, 0.2) is 48.7 Å². The largest absolute Gasteiger partial charge is 0.497 e. The molecule has 0 aliphatic carbocycles. The minimum atomic E-state index is -0.791. The van der Waals surface area contributed by atoms with Gasteiger partial charge in [0.05, 0.1) is 24.8 Å². The summed E-state index contributed by atoms with van der Waals surface area (Å²) in [6.45, 7) is 0. The topological polar surface area (TPSA) is 85.2 Å². The molecule has 4 rings (SSSR count). The lowest BCUT2D eigenvalue weighted by atomic mass is 10.1. The second-order valence-electron chi connectivity index (χ2n) is 6.47. The highest BCUT2D eigenvalue weighted by molar-refractivity contribution is 6.31. The van der Waals surface area contributed by atoms with Crippen LogP contribution in [0, 0.1) is 5.82 Å². The zero-order valence-corrected chi connectivity index (χ0v) is 16.0. The van der Waals surface area contributed by atoms with E-state index in [4.69, 9.17) is 16.3 Å². The number of aromatic nitrogens is 2. The van der Waals surface area contributed by atoms with E-state index in [1.54, 1.807) is 13.3 Å². The van der Waals surface area contributed by atoms with Crippen molar-refractivity contribution in [3.8, 4) is 16.9 Å². The maximum atomic E-state index is 13.3. The highest BCUT2D eigenvalue weighted by atomic mass is 35.5. The summed E-state index contributed by atoms with van der Waals surface area (Å²) in [5.74, 6) is -0.124. The van der Waals surface area contributed by atoms with Gasteiger partial charge in [-0.1, -0.05) is 23.7 Å². The molecule has 29 heavy (non-hydrogen) atoms. The Labute approximate surface area is 170 Å². The summed E-state index contributed by atoms with van der Waals surface area (Å²) in [5.41, 5.74) is 1.90. The molecule has 0 spiro atoms. The molecule has 148 valence electrons. The fourth-order valence-electron chi connectivity index (χ4n) is 3.18. The molecule has 0 fully saturated rings. The molecule has 9 heteroatoms. The molecule has 1 aromatic heterocycles. The van der Waals surface area contributed by atoms with E-state index in [9.17, 15) is 14.0 Å². The van der Waals surface area contributed by atoms with Crippen LogP contribution in [0.4, 0.5) is 15.9 Å². The normalized spacial score (nSPS) is 15.0. The average Bonchev–Trinajstić information content (AvgIpc) is 3.24. The average molecular weight is 415 g/mol. The van der Waals surface area contributed by atoms with E-state index in [1.165, 1.54) is 16.8 Å². The van der Waals surface area contributed by atoms with Crippen LogP contribution in [0.3, 0.4) is 0 Å². The van der Waals surface area contributed by atoms with Crippen molar-refractivity contribution in [1.29, 1.82) is 0 Å². The molecular formula is C20H16ClFN4O3. The highest BCUT2D eigenvalue weighted by Crippen LogP contribution is 2.36. The minimum Gasteiger partial charge on any atom is -0.497 e. The van der Waals surface area contributed by atoms with Crippen molar-refractivity contribution in [2.45, 2.75) is 12.5 Å². The van der Waals surface area contributed by atoms with Crippen molar-refractivity contribution < 1.29 is 18.7 Å². The predicted molar refractivity (Wildman–Crippen MR) is 107 cm³/mol. The Morgan fingerprint density at radius 2 is 2.17 bits per heavy atom. The first-order chi connectivity index (χ1) is 14.0. The Hall–Kier alpha value is -3.39. The van der Waals surface area contributed by atoms with Crippen molar-refractivity contribution in [2.24, 2.45) is 0 Å². The highest BCUT2D eigenvalue weighted by Gasteiger charge is 2.35. The van der Waals surface area contributed by atoms with Gasteiger partial charge in [-0.15, -0.1) is 0 Å². The minimum absolute atomic E-state index is 0.0984. The van der Waals surface area contributed by atoms with Crippen LogP contribution in [0.2, 0.25) is 5.02 Å². The van der Waals surface area contributed by atoms with Crippen LogP contribution in [-0.2, 0) is 9.59 Å². The molecule has 1 aliphatic rings. The van der Waals surface area contributed by atoms with Crippen molar-refractivity contribution in [2.75, 3.05) is 17.7 Å². The molecule has 0 saturated heterocycles. The molecule has 0 saturated carbocycles. The Morgan fingerprint density at radius 3 is 2.93 bits per heavy atom. The summed E-state index contributed by atoms with van der Waals surface area (Å²) in [4.78, 5) is 24.8. The Kier molecular flexibility index (Phi) is 4.94. The van der Waals surface area contributed by atoms with Gasteiger partial charge in [0.25, 0.3) is 5.91 Å². The van der Waals surface area contributed by atoms with Crippen molar-refractivity contribution in [3.05, 3.63) is 59.5 Å². The van der Waals surface area contributed by atoms with E-state index in [2.05, 4.69) is 15.7 Å². The molecule has 1 unspecified atom stereocenters. The molecule has 2 amide bonds. The first-order valence-electron chi connectivity index (χ1n) is 8.74. The quantitative estimate of drug-likeness (QED) is 0.663. The maximum absolute atomic E-state index is 13.3. The number of hydrogen-bond acceptors (Lipinski definition) is 4. The van der Waals surface area contributed by atoms with E-state index >= 15 is 0 Å². The van der Waals surface area contributed by atoms with E-state index < -0.39 is 17.8 Å². The number of nitrogens with one attached hydrogen (secondary N) is 2. The molecule has 1 atom stereocenters. The second-order valence-corrected chi connectivity index (χ2v) is 6.88. The fourth-order valence-corrected chi connectivity index (χ4v) is 3.36. The molecular weight excluding hydrogens is 399 g/mol. The van der Waals surface area contributed by atoms with E-state index in [1.807, 2.05) is 24.3 Å². The van der Waals surface area contributed by atoms with Gasteiger partial charge in [0.1, 0.15) is 23.4 Å². The Morgan fingerprint density at radius 1 is 1.34 bits per heavy atom. The SMILES string of the molecule is COc1cccc(-c2cnn3c2NC(=O)C3CC(=O)Nc2ccc(F)c(Cl)c2)c1. The van der Waals surface area contributed by atoms with Gasteiger partial charge in [-0.2, -0.15) is 5.10 Å². The molecule has 2 heterocycles. The van der Waals surface area contributed by atoms with Crippen LogP contribution in [0.5, 0.6) is 5.75 Å². The van der Waals surface area contributed by atoms with E-state index in [-0.39, 0.29) is 17.4 Å². The lowest BCUT2D eigenvalue weighted by molar-refractivity contribution is -0.123. The number of nitrogens with zero attached hydrogens (tertiary/aromatic N) is 2. The summed E-state index contributed by atoms with van der Waals surface area (Å²) in [5, 5.41) is 9.59. The number of halogens is 2. The standard InChI is InChI=1S/C20H16ClFN4O3/c1-29-13-4-2-3-11(7-13)14-10-23-26-17(20(28)25-19(14)26)9-18(27)24-12-5-6-16(22)15(21)8-12/h2-8,10,17H,9H2,1H3,(H,24,27)(H,25,28). The van der Waals surface area contributed by atoms with Crippen molar-refractivity contribution in [1.82, 2.24) is 9.78 Å². The summed E-state index contributed by atoms with van der Waals surface area (Å²) >= 11 is 5.73. The van der Waals surface area contributed by atoms with Gasteiger partial charge >= 0.3 is 0 Å². The van der Waals surface area contributed by atoms with E-state index in [0.717, 1.165) is 17.2 Å². The van der Waals surface area contributed by atoms with Gasteiger partial charge in [0, 0.05) is 11.3 Å². The van der Waals surface area contributed by atoms with Crippen LogP contribution < -0.4 is 15.4 Å². The number of methoxy groups -OCH3 is 1. The second kappa shape index (κ2) is 7.56. The smallest absolute Gasteiger partial charge is 0.251 e. The number of amides is 2. The number of hydrogen-bond donors (Lipinski definition) is 2. The number of benzene rings is 2. The third-order valence-corrected chi connectivity index (χ3v) is 4.89. The zero-order chi connectivity index (χ0) is 20.5. The van der Waals surface area contributed by atoms with Gasteiger partial charge in [-0.05, 0) is 35.9 Å².